The molecule has 0 saturated carbocycles. The summed E-state index contributed by atoms with van der Waals surface area (Å²) in [7, 11) is 0. The molecule has 6 heteroatoms. The SMILES string of the molecule is Cc1cc(Cl)ccc1OCC(=O)N(Cc1sccc1C)C[C@@H]1CCCO1. The highest BCUT2D eigenvalue weighted by Gasteiger charge is 2.24. The first-order valence-electron chi connectivity index (χ1n) is 8.84. The van der Waals surface area contributed by atoms with Gasteiger partial charge in [-0.25, -0.2) is 0 Å². The lowest BCUT2D eigenvalue weighted by Gasteiger charge is -2.25. The van der Waals surface area contributed by atoms with E-state index in [2.05, 4.69) is 18.4 Å². The zero-order chi connectivity index (χ0) is 18.5. The molecule has 1 atom stereocenters. The van der Waals surface area contributed by atoms with Crippen molar-refractivity contribution < 1.29 is 14.3 Å². The lowest BCUT2D eigenvalue weighted by molar-refractivity contribution is -0.135. The molecule has 1 saturated heterocycles. The average Bonchev–Trinajstić information content (AvgIpc) is 3.25. The molecule has 140 valence electrons. The van der Waals surface area contributed by atoms with Gasteiger partial charge < -0.3 is 14.4 Å². The number of benzene rings is 1. The third-order valence-corrected chi connectivity index (χ3v) is 5.83. The summed E-state index contributed by atoms with van der Waals surface area (Å²) in [6.07, 6.45) is 2.19. The molecule has 1 aromatic heterocycles. The van der Waals surface area contributed by atoms with E-state index in [1.165, 1.54) is 10.4 Å². The molecule has 2 heterocycles. The van der Waals surface area contributed by atoms with Gasteiger partial charge in [0.1, 0.15) is 5.75 Å². The standard InChI is InChI=1S/C20H24ClNO3S/c1-14-7-9-26-19(14)12-22(11-17-4-3-8-24-17)20(23)13-25-18-6-5-16(21)10-15(18)2/h5-7,9-10,17H,3-4,8,11-13H2,1-2H3/t17-/m0/s1. The first-order chi connectivity index (χ1) is 12.5. The summed E-state index contributed by atoms with van der Waals surface area (Å²) < 4.78 is 11.5. The van der Waals surface area contributed by atoms with E-state index in [0.29, 0.717) is 23.9 Å². The van der Waals surface area contributed by atoms with Crippen molar-refractivity contribution >= 4 is 28.8 Å². The second kappa shape index (κ2) is 8.89. The number of amides is 1. The lowest BCUT2D eigenvalue weighted by atomic mass is 10.2. The number of thiophene rings is 1. The molecule has 3 rings (SSSR count). The van der Waals surface area contributed by atoms with Crippen molar-refractivity contribution in [2.75, 3.05) is 19.8 Å². The van der Waals surface area contributed by atoms with Crippen LogP contribution in [-0.2, 0) is 16.1 Å². The predicted molar refractivity (Wildman–Crippen MR) is 105 cm³/mol. The molecular weight excluding hydrogens is 370 g/mol. The maximum absolute atomic E-state index is 12.8. The Bertz CT molecular complexity index is 755. The highest BCUT2D eigenvalue weighted by molar-refractivity contribution is 7.10. The Morgan fingerprint density at radius 1 is 1.35 bits per heavy atom. The van der Waals surface area contributed by atoms with E-state index in [-0.39, 0.29) is 18.6 Å². The summed E-state index contributed by atoms with van der Waals surface area (Å²) in [4.78, 5) is 15.9. The number of carbonyl (C=O) groups excluding carboxylic acids is 1. The van der Waals surface area contributed by atoms with E-state index in [1.54, 1.807) is 23.5 Å². The van der Waals surface area contributed by atoms with E-state index < -0.39 is 0 Å². The van der Waals surface area contributed by atoms with E-state index in [1.807, 2.05) is 17.9 Å². The van der Waals surface area contributed by atoms with Crippen molar-refractivity contribution in [3.05, 3.63) is 50.7 Å². The number of rotatable bonds is 7. The van der Waals surface area contributed by atoms with Crippen LogP contribution in [0.5, 0.6) is 5.75 Å². The number of nitrogens with zero attached hydrogens (tertiary/aromatic N) is 1. The number of ether oxygens (including phenoxy) is 2. The minimum absolute atomic E-state index is 0.0135. The van der Waals surface area contributed by atoms with Crippen LogP contribution >= 0.6 is 22.9 Å². The molecule has 1 amide bonds. The van der Waals surface area contributed by atoms with E-state index in [9.17, 15) is 4.79 Å². The fourth-order valence-corrected chi connectivity index (χ4v) is 4.18. The molecule has 2 aromatic rings. The van der Waals surface area contributed by atoms with Gasteiger partial charge in [-0.3, -0.25) is 4.79 Å². The average molecular weight is 394 g/mol. The van der Waals surface area contributed by atoms with E-state index in [0.717, 1.165) is 25.0 Å². The molecule has 1 fully saturated rings. The number of halogens is 1. The van der Waals surface area contributed by atoms with Crippen LogP contribution in [0, 0.1) is 13.8 Å². The Balaban J connectivity index is 1.65. The van der Waals surface area contributed by atoms with Gasteiger partial charge in [-0.05, 0) is 67.5 Å². The van der Waals surface area contributed by atoms with Gasteiger partial charge in [-0.2, -0.15) is 0 Å². The zero-order valence-electron chi connectivity index (χ0n) is 15.2. The second-order valence-corrected chi connectivity index (χ2v) is 8.07. The van der Waals surface area contributed by atoms with Crippen LogP contribution in [0.2, 0.25) is 5.02 Å². The molecule has 0 unspecified atom stereocenters. The van der Waals surface area contributed by atoms with Gasteiger partial charge in [0.2, 0.25) is 0 Å². The van der Waals surface area contributed by atoms with Crippen LogP contribution in [0.3, 0.4) is 0 Å². The molecule has 0 N–H and O–H groups in total. The summed E-state index contributed by atoms with van der Waals surface area (Å²) >= 11 is 7.66. The molecule has 0 radical (unpaired) electrons. The van der Waals surface area contributed by atoms with Crippen molar-refractivity contribution in [1.82, 2.24) is 4.90 Å². The molecule has 26 heavy (non-hydrogen) atoms. The fraction of sp³-hybridized carbons (Fsp3) is 0.450. The van der Waals surface area contributed by atoms with Gasteiger partial charge in [0, 0.05) is 23.1 Å². The predicted octanol–water partition coefficient (Wildman–Crippen LogP) is 4.60. The fourth-order valence-electron chi connectivity index (χ4n) is 3.03. The Morgan fingerprint density at radius 2 is 2.19 bits per heavy atom. The Labute approximate surface area is 163 Å². The third-order valence-electron chi connectivity index (χ3n) is 4.59. The highest BCUT2D eigenvalue weighted by atomic mass is 35.5. The number of hydrogen-bond acceptors (Lipinski definition) is 4. The van der Waals surface area contributed by atoms with Gasteiger partial charge in [0.15, 0.2) is 6.61 Å². The maximum atomic E-state index is 12.8. The van der Waals surface area contributed by atoms with Crippen molar-refractivity contribution in [2.45, 2.75) is 39.3 Å². The molecule has 0 spiro atoms. The largest absolute Gasteiger partial charge is 0.483 e. The second-order valence-electron chi connectivity index (χ2n) is 6.63. The van der Waals surface area contributed by atoms with Gasteiger partial charge in [-0.1, -0.05) is 11.6 Å². The summed E-state index contributed by atoms with van der Waals surface area (Å²) in [5.41, 5.74) is 2.14. The van der Waals surface area contributed by atoms with Gasteiger partial charge >= 0.3 is 0 Å². The number of carbonyl (C=O) groups is 1. The van der Waals surface area contributed by atoms with Crippen molar-refractivity contribution in [1.29, 1.82) is 0 Å². The molecule has 1 aliphatic rings. The monoisotopic (exact) mass is 393 g/mol. The number of hydrogen-bond donors (Lipinski definition) is 0. The first-order valence-corrected chi connectivity index (χ1v) is 10.1. The summed E-state index contributed by atoms with van der Waals surface area (Å²) in [5.74, 6) is 0.662. The van der Waals surface area contributed by atoms with Crippen molar-refractivity contribution in [3.8, 4) is 5.75 Å². The molecular formula is C20H24ClNO3S. The van der Waals surface area contributed by atoms with E-state index in [4.69, 9.17) is 21.1 Å². The molecule has 4 nitrogen and oxygen atoms in total. The van der Waals surface area contributed by atoms with Gasteiger partial charge in [-0.15, -0.1) is 11.3 Å². The molecule has 0 aliphatic carbocycles. The summed E-state index contributed by atoms with van der Waals surface area (Å²) in [6.45, 7) is 6.01. The summed E-state index contributed by atoms with van der Waals surface area (Å²) in [5, 5.41) is 2.72. The Morgan fingerprint density at radius 3 is 2.85 bits per heavy atom. The summed E-state index contributed by atoms with van der Waals surface area (Å²) in [6, 6.07) is 7.50. The topological polar surface area (TPSA) is 38.8 Å². The quantitative estimate of drug-likeness (QED) is 0.689. The van der Waals surface area contributed by atoms with Crippen LogP contribution < -0.4 is 4.74 Å². The highest BCUT2D eigenvalue weighted by Crippen LogP contribution is 2.23. The van der Waals surface area contributed by atoms with Crippen molar-refractivity contribution in [3.63, 3.8) is 0 Å². The van der Waals surface area contributed by atoms with Crippen LogP contribution in [-0.4, -0.2) is 36.7 Å². The molecule has 1 aliphatic heterocycles. The van der Waals surface area contributed by atoms with Crippen LogP contribution in [0.4, 0.5) is 0 Å². The van der Waals surface area contributed by atoms with E-state index >= 15 is 0 Å². The van der Waals surface area contributed by atoms with Crippen LogP contribution in [0.25, 0.3) is 0 Å². The number of aryl methyl sites for hydroxylation is 2. The molecule has 1 aromatic carbocycles. The maximum Gasteiger partial charge on any atom is 0.260 e. The zero-order valence-corrected chi connectivity index (χ0v) is 16.7. The Hall–Kier alpha value is -1.56. The molecule has 0 bridgehead atoms. The minimum atomic E-state index is -0.0253. The van der Waals surface area contributed by atoms with Crippen molar-refractivity contribution in [2.24, 2.45) is 0 Å². The third kappa shape index (κ3) is 5.00. The van der Waals surface area contributed by atoms with Crippen LogP contribution in [0.1, 0.15) is 28.8 Å². The Kier molecular flexibility index (Phi) is 6.57. The normalized spacial score (nSPS) is 16.7. The smallest absolute Gasteiger partial charge is 0.260 e. The van der Waals surface area contributed by atoms with Gasteiger partial charge in [0.05, 0.1) is 12.6 Å². The van der Waals surface area contributed by atoms with Crippen LogP contribution in [0.15, 0.2) is 29.6 Å². The van der Waals surface area contributed by atoms with Gasteiger partial charge in [0.25, 0.3) is 5.91 Å². The first kappa shape index (κ1) is 19.2. The minimum Gasteiger partial charge on any atom is -0.483 e. The lowest BCUT2D eigenvalue weighted by Crippen LogP contribution is -2.39.